The van der Waals surface area contributed by atoms with E-state index in [-0.39, 0.29) is 17.5 Å². The molecule has 1 aromatic rings. The first-order valence-corrected chi connectivity index (χ1v) is 12.6. The predicted octanol–water partition coefficient (Wildman–Crippen LogP) is 1.31. The van der Waals surface area contributed by atoms with Gasteiger partial charge >= 0.3 is 0 Å². The van der Waals surface area contributed by atoms with Crippen molar-refractivity contribution >= 4 is 50.2 Å². The first kappa shape index (κ1) is 24.2. The number of ether oxygens (including phenoxy) is 2. The number of nitrogens with one attached hydrogen (secondary N) is 1. The lowest BCUT2D eigenvalue weighted by atomic mass is 10.1. The fourth-order valence-electron chi connectivity index (χ4n) is 3.80. The van der Waals surface area contributed by atoms with E-state index in [1.807, 2.05) is 12.1 Å². The molecule has 0 bridgehead atoms. The van der Waals surface area contributed by atoms with Gasteiger partial charge in [0.2, 0.25) is 5.91 Å². The van der Waals surface area contributed by atoms with Gasteiger partial charge in [0, 0.05) is 48.6 Å². The van der Waals surface area contributed by atoms with Crippen molar-refractivity contribution in [2.24, 2.45) is 10.7 Å². The van der Waals surface area contributed by atoms with Gasteiger partial charge in [-0.05, 0) is 24.3 Å². The number of hydrogen-bond donors (Lipinski definition) is 2. The normalized spacial score (nSPS) is 23.2. The minimum absolute atomic E-state index is 0.188. The zero-order valence-corrected chi connectivity index (χ0v) is 20.7. The summed E-state index contributed by atoms with van der Waals surface area (Å²) in [5, 5.41) is 2.72. The number of rotatable bonds is 6. The van der Waals surface area contributed by atoms with Gasteiger partial charge in [0.05, 0.1) is 38.5 Å². The zero-order chi connectivity index (χ0) is 23.2. The largest absolute Gasteiger partial charge is 0.400 e. The van der Waals surface area contributed by atoms with Crippen molar-refractivity contribution in [2.75, 3.05) is 71.0 Å². The van der Waals surface area contributed by atoms with Gasteiger partial charge in [0.25, 0.3) is 5.91 Å². The third-order valence-electron chi connectivity index (χ3n) is 5.65. The van der Waals surface area contributed by atoms with Crippen LogP contribution in [0.5, 0.6) is 0 Å². The van der Waals surface area contributed by atoms with Crippen molar-refractivity contribution < 1.29 is 19.1 Å². The Hall–Kier alpha value is -1.92. The van der Waals surface area contributed by atoms with Crippen molar-refractivity contribution in [2.45, 2.75) is 5.25 Å². The highest BCUT2D eigenvalue weighted by molar-refractivity contribution is 9.10. The van der Waals surface area contributed by atoms with Gasteiger partial charge in [-0.15, -0.1) is 0 Å². The molecule has 3 aliphatic rings. The van der Waals surface area contributed by atoms with Crippen LogP contribution in [0.15, 0.2) is 45.0 Å². The smallest absolute Gasteiger partial charge is 0.258 e. The molecule has 4 rings (SSSR count). The molecule has 0 radical (unpaired) electrons. The third kappa shape index (κ3) is 6.15. The molecule has 0 spiro atoms. The Bertz CT molecular complexity index is 927. The second kappa shape index (κ2) is 11.5. The lowest BCUT2D eigenvalue weighted by Crippen LogP contribution is -2.42. The van der Waals surface area contributed by atoms with Gasteiger partial charge in [-0.25, -0.2) is 0 Å². The molecule has 178 valence electrons. The number of carbonyl (C=O) groups excluding carboxylic acids is 2. The van der Waals surface area contributed by atoms with Crippen LogP contribution in [0.2, 0.25) is 0 Å². The molecule has 2 amide bonds. The Balaban J connectivity index is 1.51. The summed E-state index contributed by atoms with van der Waals surface area (Å²) in [5.74, 6) is -0.460. The molecule has 3 N–H and O–H groups in total. The summed E-state index contributed by atoms with van der Waals surface area (Å²) in [6.07, 6.45) is 0. The number of halogens is 1. The summed E-state index contributed by atoms with van der Waals surface area (Å²) in [5.41, 5.74) is 7.69. The summed E-state index contributed by atoms with van der Waals surface area (Å²) >= 11 is 4.63. The van der Waals surface area contributed by atoms with Gasteiger partial charge < -0.3 is 25.4 Å². The monoisotopic (exact) mass is 537 g/mol. The highest BCUT2D eigenvalue weighted by Crippen LogP contribution is 2.34. The molecular formula is C22H28BrN5O4S. The summed E-state index contributed by atoms with van der Waals surface area (Å²) in [6.45, 7) is 6.44. The number of nitrogens with zero attached hydrogens (tertiary/aromatic N) is 3. The predicted molar refractivity (Wildman–Crippen MR) is 132 cm³/mol. The summed E-state index contributed by atoms with van der Waals surface area (Å²) < 4.78 is 11.7. The van der Waals surface area contributed by atoms with Crippen LogP contribution in [-0.2, 0) is 19.1 Å². The molecule has 3 aliphatic heterocycles. The number of amides is 2. The minimum Gasteiger partial charge on any atom is -0.400 e. The van der Waals surface area contributed by atoms with Crippen LogP contribution in [-0.4, -0.2) is 97.6 Å². The van der Waals surface area contributed by atoms with Crippen LogP contribution in [0.1, 0.15) is 0 Å². The van der Waals surface area contributed by atoms with Gasteiger partial charge in [-0.2, -0.15) is 0 Å². The molecule has 1 aromatic carbocycles. The molecule has 0 saturated carbocycles. The number of benzene rings is 1. The second-order valence-electron chi connectivity index (χ2n) is 7.87. The second-order valence-corrected chi connectivity index (χ2v) is 9.88. The Kier molecular flexibility index (Phi) is 8.42. The van der Waals surface area contributed by atoms with E-state index < -0.39 is 5.25 Å². The van der Waals surface area contributed by atoms with Crippen LogP contribution in [0.4, 0.5) is 5.69 Å². The highest BCUT2D eigenvalue weighted by Gasteiger charge is 2.40. The number of carbonyl (C=O) groups is 2. The maximum atomic E-state index is 13.3. The van der Waals surface area contributed by atoms with E-state index in [1.165, 1.54) is 11.8 Å². The Morgan fingerprint density at radius 2 is 1.73 bits per heavy atom. The van der Waals surface area contributed by atoms with Crippen LogP contribution in [0.25, 0.3) is 0 Å². The van der Waals surface area contributed by atoms with E-state index in [0.717, 1.165) is 37.3 Å². The van der Waals surface area contributed by atoms with Gasteiger partial charge in [-0.3, -0.25) is 19.5 Å². The van der Waals surface area contributed by atoms with Crippen LogP contribution in [0.3, 0.4) is 0 Å². The first-order valence-electron chi connectivity index (χ1n) is 11.0. The lowest BCUT2D eigenvalue weighted by Gasteiger charge is -2.27. The zero-order valence-electron chi connectivity index (χ0n) is 18.3. The summed E-state index contributed by atoms with van der Waals surface area (Å²) in [6, 6.07) is 7.31. The number of aliphatic imine (C=N–C) groups is 1. The molecule has 9 nitrogen and oxygen atoms in total. The van der Waals surface area contributed by atoms with E-state index in [2.05, 4.69) is 26.1 Å². The fraction of sp³-hybridized carbons (Fsp3) is 0.500. The molecule has 33 heavy (non-hydrogen) atoms. The van der Waals surface area contributed by atoms with Gasteiger partial charge in [-0.1, -0.05) is 27.7 Å². The Labute approximate surface area is 205 Å². The first-order chi connectivity index (χ1) is 16.0. The molecule has 2 fully saturated rings. The Morgan fingerprint density at radius 3 is 2.39 bits per heavy atom. The molecular weight excluding hydrogens is 510 g/mol. The van der Waals surface area contributed by atoms with Gasteiger partial charge in [0.1, 0.15) is 10.3 Å². The van der Waals surface area contributed by atoms with Crippen LogP contribution in [0, 0.1) is 0 Å². The summed E-state index contributed by atoms with van der Waals surface area (Å²) in [4.78, 5) is 35.1. The molecule has 0 aromatic heterocycles. The molecule has 11 heteroatoms. The highest BCUT2D eigenvalue weighted by atomic mass is 79.9. The number of morpholine rings is 2. The van der Waals surface area contributed by atoms with E-state index in [1.54, 1.807) is 17.0 Å². The number of anilines is 1. The van der Waals surface area contributed by atoms with Crippen molar-refractivity contribution in [1.82, 2.24) is 9.80 Å². The number of hydrogen-bond acceptors (Lipinski definition) is 8. The van der Waals surface area contributed by atoms with Crippen LogP contribution < -0.4 is 11.1 Å². The molecule has 2 saturated heterocycles. The topological polar surface area (TPSA) is 109 Å². The third-order valence-corrected chi connectivity index (χ3v) is 7.44. The maximum Gasteiger partial charge on any atom is 0.258 e. The van der Waals surface area contributed by atoms with Crippen LogP contribution >= 0.6 is 27.7 Å². The fourth-order valence-corrected chi connectivity index (χ4v) is 5.19. The number of thioether (sulfide) groups is 1. The lowest BCUT2D eigenvalue weighted by molar-refractivity contribution is -0.130. The molecule has 1 atom stereocenters. The van der Waals surface area contributed by atoms with Crippen molar-refractivity contribution in [3.05, 3.63) is 40.0 Å². The standard InChI is InChI=1S/C22H28BrN5O4S/c23-15-1-3-16(4-2-15)26-20(29)19-18(24)17(22(30)28-9-13-32-14-10-28)21(33-19)25-5-6-27-7-11-31-12-8-27/h1-4,19H,5-14,24H2,(H,26,29)/t19-/m1/s1. The van der Waals surface area contributed by atoms with Crippen molar-refractivity contribution in [3.8, 4) is 0 Å². The molecule has 3 heterocycles. The quantitative estimate of drug-likeness (QED) is 0.562. The van der Waals surface area contributed by atoms with E-state index in [0.29, 0.717) is 49.2 Å². The summed E-state index contributed by atoms with van der Waals surface area (Å²) in [7, 11) is 0. The van der Waals surface area contributed by atoms with E-state index in [9.17, 15) is 9.59 Å². The van der Waals surface area contributed by atoms with Crippen molar-refractivity contribution in [1.29, 1.82) is 0 Å². The SMILES string of the molecule is NC1=C(C(=O)N2CCOCC2)C(=NCCN2CCOCC2)S[C@H]1C(=O)Nc1ccc(Br)cc1. The average molecular weight is 538 g/mol. The molecule has 0 aliphatic carbocycles. The van der Waals surface area contributed by atoms with E-state index in [4.69, 9.17) is 20.2 Å². The maximum absolute atomic E-state index is 13.3. The van der Waals surface area contributed by atoms with Crippen molar-refractivity contribution in [3.63, 3.8) is 0 Å². The average Bonchev–Trinajstić information content (AvgIpc) is 3.17. The number of nitrogens with two attached hydrogens (primary N) is 1. The minimum atomic E-state index is -0.712. The van der Waals surface area contributed by atoms with Gasteiger partial charge in [0.15, 0.2) is 0 Å². The molecule has 0 unspecified atom stereocenters. The Morgan fingerprint density at radius 1 is 1.09 bits per heavy atom. The van der Waals surface area contributed by atoms with E-state index >= 15 is 0 Å².